The lowest BCUT2D eigenvalue weighted by molar-refractivity contribution is -0.137. The summed E-state index contributed by atoms with van der Waals surface area (Å²) in [7, 11) is 0. The van der Waals surface area contributed by atoms with Crippen LogP contribution < -0.4 is 0 Å². The zero-order valence-corrected chi connectivity index (χ0v) is 13.5. The lowest BCUT2D eigenvalue weighted by Crippen LogP contribution is -2.11. The van der Waals surface area contributed by atoms with Crippen molar-refractivity contribution in [1.82, 2.24) is 0 Å². The topological polar surface area (TPSA) is 58.9 Å². The van der Waals surface area contributed by atoms with Gasteiger partial charge in [-0.1, -0.05) is 24.3 Å². The standard InChI is InChI=1S/C19H18FNO3/c1-3-24-19(23)17(12-21-15-10-8-14(20)9-11-15)18(22)16-7-5-4-6-13(16)2/h4-12,22H,3H2,1-2H3/b18-17+,21-12?. The molecule has 0 bridgehead atoms. The van der Waals surface area contributed by atoms with Gasteiger partial charge in [0.1, 0.15) is 17.1 Å². The second kappa shape index (κ2) is 8.06. The Morgan fingerprint density at radius 1 is 1.21 bits per heavy atom. The predicted octanol–water partition coefficient (Wildman–Crippen LogP) is 4.37. The summed E-state index contributed by atoms with van der Waals surface area (Å²) >= 11 is 0. The van der Waals surface area contributed by atoms with E-state index >= 15 is 0 Å². The molecule has 0 amide bonds. The van der Waals surface area contributed by atoms with Crippen molar-refractivity contribution in [2.75, 3.05) is 6.61 Å². The number of aryl methyl sites for hydroxylation is 1. The van der Waals surface area contributed by atoms with Crippen LogP contribution in [-0.4, -0.2) is 23.9 Å². The molecule has 2 rings (SSSR count). The van der Waals surface area contributed by atoms with Crippen molar-refractivity contribution in [1.29, 1.82) is 0 Å². The Kier molecular flexibility index (Phi) is 5.84. The number of aliphatic hydroxyl groups excluding tert-OH is 1. The summed E-state index contributed by atoms with van der Waals surface area (Å²) in [6.07, 6.45) is 1.23. The number of aliphatic hydroxyl groups is 1. The molecule has 0 aliphatic rings. The zero-order chi connectivity index (χ0) is 17.5. The minimum atomic E-state index is -0.677. The van der Waals surface area contributed by atoms with E-state index in [1.807, 2.05) is 19.1 Å². The van der Waals surface area contributed by atoms with Gasteiger partial charge in [0.05, 0.1) is 12.3 Å². The summed E-state index contributed by atoms with van der Waals surface area (Å²) in [6.45, 7) is 3.68. The lowest BCUT2D eigenvalue weighted by atomic mass is 10.0. The fourth-order valence-electron chi connectivity index (χ4n) is 2.07. The van der Waals surface area contributed by atoms with Gasteiger partial charge in [-0.2, -0.15) is 0 Å². The molecule has 5 heteroatoms. The molecule has 0 aliphatic carbocycles. The second-order valence-electron chi connectivity index (χ2n) is 5.03. The minimum absolute atomic E-state index is 0.0597. The summed E-state index contributed by atoms with van der Waals surface area (Å²) in [5, 5.41) is 10.5. The number of rotatable bonds is 5. The fraction of sp³-hybridized carbons (Fsp3) is 0.158. The summed E-state index contributed by atoms with van der Waals surface area (Å²) in [5.41, 5.74) is 1.73. The smallest absolute Gasteiger partial charge is 0.343 e. The van der Waals surface area contributed by atoms with Crippen LogP contribution in [0.4, 0.5) is 10.1 Å². The molecule has 0 heterocycles. The molecule has 0 atom stereocenters. The lowest BCUT2D eigenvalue weighted by Gasteiger charge is -2.09. The number of aliphatic imine (C=N–C) groups is 1. The third-order valence-electron chi connectivity index (χ3n) is 3.32. The van der Waals surface area contributed by atoms with E-state index in [-0.39, 0.29) is 23.8 Å². The van der Waals surface area contributed by atoms with Gasteiger partial charge in [-0.15, -0.1) is 0 Å². The number of halogens is 1. The van der Waals surface area contributed by atoms with E-state index in [2.05, 4.69) is 4.99 Å². The summed E-state index contributed by atoms with van der Waals surface area (Å²) < 4.78 is 17.9. The van der Waals surface area contributed by atoms with E-state index in [1.165, 1.54) is 30.5 Å². The molecule has 0 spiro atoms. The van der Waals surface area contributed by atoms with Crippen LogP contribution in [0.1, 0.15) is 18.1 Å². The molecule has 0 fully saturated rings. The maximum absolute atomic E-state index is 12.9. The van der Waals surface area contributed by atoms with Gasteiger partial charge in [0.15, 0.2) is 0 Å². The Morgan fingerprint density at radius 3 is 2.50 bits per heavy atom. The fourth-order valence-corrected chi connectivity index (χ4v) is 2.07. The molecule has 0 unspecified atom stereocenters. The Morgan fingerprint density at radius 2 is 1.88 bits per heavy atom. The molecule has 4 nitrogen and oxygen atoms in total. The molecule has 24 heavy (non-hydrogen) atoms. The van der Waals surface area contributed by atoms with Gasteiger partial charge in [-0.05, 0) is 43.7 Å². The van der Waals surface area contributed by atoms with Crippen molar-refractivity contribution in [3.63, 3.8) is 0 Å². The van der Waals surface area contributed by atoms with Gasteiger partial charge in [0.25, 0.3) is 0 Å². The van der Waals surface area contributed by atoms with Gasteiger partial charge in [0.2, 0.25) is 0 Å². The number of benzene rings is 2. The number of ether oxygens (including phenoxy) is 1. The maximum Gasteiger partial charge on any atom is 0.343 e. The van der Waals surface area contributed by atoms with E-state index in [9.17, 15) is 14.3 Å². The Balaban J connectivity index is 2.44. The Labute approximate surface area is 139 Å². The molecule has 1 N–H and O–H groups in total. The maximum atomic E-state index is 12.9. The second-order valence-corrected chi connectivity index (χ2v) is 5.03. The highest BCUT2D eigenvalue weighted by Gasteiger charge is 2.17. The largest absolute Gasteiger partial charge is 0.506 e. The molecule has 2 aromatic rings. The number of esters is 1. The third kappa shape index (κ3) is 4.29. The van der Waals surface area contributed by atoms with Gasteiger partial charge in [-0.3, -0.25) is 4.99 Å². The molecule has 0 saturated heterocycles. The highest BCUT2D eigenvalue weighted by Crippen LogP contribution is 2.21. The molecule has 2 aromatic carbocycles. The van der Waals surface area contributed by atoms with Crippen LogP contribution in [-0.2, 0) is 9.53 Å². The monoisotopic (exact) mass is 327 g/mol. The van der Waals surface area contributed by atoms with Crippen LogP contribution in [0.2, 0.25) is 0 Å². The van der Waals surface area contributed by atoms with Crippen LogP contribution in [0.15, 0.2) is 59.1 Å². The summed E-state index contributed by atoms with van der Waals surface area (Å²) in [5.74, 6) is -1.26. The Hall–Kier alpha value is -2.95. The first kappa shape index (κ1) is 17.4. The first-order chi connectivity index (χ1) is 11.5. The average molecular weight is 327 g/mol. The zero-order valence-electron chi connectivity index (χ0n) is 13.5. The van der Waals surface area contributed by atoms with Crippen LogP contribution in [0.5, 0.6) is 0 Å². The quantitative estimate of drug-likeness (QED) is 0.384. The first-order valence-electron chi connectivity index (χ1n) is 7.49. The normalized spacial score (nSPS) is 12.1. The predicted molar refractivity (Wildman–Crippen MR) is 91.9 cm³/mol. The first-order valence-corrected chi connectivity index (χ1v) is 7.49. The highest BCUT2D eigenvalue weighted by atomic mass is 19.1. The van der Waals surface area contributed by atoms with Crippen molar-refractivity contribution < 1.29 is 19.0 Å². The van der Waals surface area contributed by atoms with E-state index in [0.717, 1.165) is 5.56 Å². The highest BCUT2D eigenvalue weighted by molar-refractivity contribution is 6.15. The molecule has 124 valence electrons. The average Bonchev–Trinajstić information content (AvgIpc) is 2.57. The number of hydrogen-bond acceptors (Lipinski definition) is 4. The third-order valence-corrected chi connectivity index (χ3v) is 3.32. The van der Waals surface area contributed by atoms with Crippen molar-refractivity contribution >= 4 is 23.6 Å². The van der Waals surface area contributed by atoms with Crippen LogP contribution in [0.3, 0.4) is 0 Å². The van der Waals surface area contributed by atoms with E-state index < -0.39 is 5.97 Å². The van der Waals surface area contributed by atoms with Gasteiger partial charge in [-0.25, -0.2) is 9.18 Å². The van der Waals surface area contributed by atoms with Crippen molar-refractivity contribution in [2.45, 2.75) is 13.8 Å². The molecule has 0 aromatic heterocycles. The van der Waals surface area contributed by atoms with Gasteiger partial charge >= 0.3 is 5.97 Å². The van der Waals surface area contributed by atoms with Gasteiger partial charge < -0.3 is 9.84 Å². The van der Waals surface area contributed by atoms with Crippen molar-refractivity contribution in [3.8, 4) is 0 Å². The Bertz CT molecular complexity index is 779. The number of nitrogens with zero attached hydrogens (tertiary/aromatic N) is 1. The minimum Gasteiger partial charge on any atom is -0.506 e. The SMILES string of the molecule is CCOC(=O)/C(C=Nc1ccc(F)cc1)=C(/O)c1ccccc1C. The number of carbonyl (C=O) groups excluding carboxylic acids is 1. The summed E-state index contributed by atoms with van der Waals surface area (Å²) in [6, 6.07) is 12.6. The van der Waals surface area contributed by atoms with E-state index in [4.69, 9.17) is 4.74 Å². The van der Waals surface area contributed by atoms with Crippen molar-refractivity contribution in [2.24, 2.45) is 4.99 Å². The molecule has 0 saturated carbocycles. The molecular weight excluding hydrogens is 309 g/mol. The van der Waals surface area contributed by atoms with E-state index in [1.54, 1.807) is 19.1 Å². The van der Waals surface area contributed by atoms with Gasteiger partial charge in [0, 0.05) is 11.8 Å². The van der Waals surface area contributed by atoms with Crippen LogP contribution in [0.25, 0.3) is 5.76 Å². The molecule has 0 aliphatic heterocycles. The molecule has 0 radical (unpaired) electrons. The van der Waals surface area contributed by atoms with Crippen molar-refractivity contribution in [3.05, 3.63) is 71.0 Å². The van der Waals surface area contributed by atoms with Crippen LogP contribution in [0, 0.1) is 12.7 Å². The van der Waals surface area contributed by atoms with Crippen LogP contribution >= 0.6 is 0 Å². The summed E-state index contributed by atoms with van der Waals surface area (Å²) in [4.78, 5) is 16.3. The molecular formula is C19H18FNO3. The van der Waals surface area contributed by atoms with E-state index in [0.29, 0.717) is 11.3 Å². The number of carbonyl (C=O) groups is 1. The number of hydrogen-bond donors (Lipinski definition) is 1.